The zero-order valence-electron chi connectivity index (χ0n) is 9.09. The molecule has 1 aromatic rings. The van der Waals surface area contributed by atoms with Crippen LogP contribution in [0.1, 0.15) is 11.7 Å². The van der Waals surface area contributed by atoms with Crippen LogP contribution < -0.4 is 0 Å². The molecule has 0 amide bonds. The highest BCUT2D eigenvalue weighted by atomic mass is 79.9. The molecule has 16 heavy (non-hydrogen) atoms. The Labute approximate surface area is 103 Å². The number of hydrogen-bond donors (Lipinski definition) is 1. The van der Waals surface area contributed by atoms with E-state index in [1.807, 2.05) is 12.1 Å². The highest BCUT2D eigenvalue weighted by Crippen LogP contribution is 2.49. The van der Waals surface area contributed by atoms with Gasteiger partial charge in [-0.3, -0.25) is 4.57 Å². The molecule has 0 saturated heterocycles. The van der Waals surface area contributed by atoms with Crippen molar-refractivity contribution < 1.29 is 18.7 Å². The minimum absolute atomic E-state index is 0.0539. The standard InChI is InChI=1S/C10H14BrO4P/c1-14-16(13,15-2)7-10(12)8-3-5-9(11)6-4-8/h3-6,10,12H,7H2,1-2H3. The van der Waals surface area contributed by atoms with Crippen LogP contribution in [0.15, 0.2) is 28.7 Å². The largest absolute Gasteiger partial charge is 0.388 e. The molecule has 0 aliphatic carbocycles. The van der Waals surface area contributed by atoms with Gasteiger partial charge in [-0.25, -0.2) is 0 Å². The molecular weight excluding hydrogens is 295 g/mol. The summed E-state index contributed by atoms with van der Waals surface area (Å²) in [7, 11) is -0.568. The lowest BCUT2D eigenvalue weighted by molar-refractivity contribution is 0.184. The molecular formula is C10H14BrO4P. The Kier molecular flexibility index (Phi) is 5.15. The van der Waals surface area contributed by atoms with Gasteiger partial charge in [-0.1, -0.05) is 28.1 Å². The van der Waals surface area contributed by atoms with E-state index in [1.165, 1.54) is 14.2 Å². The molecule has 0 fully saturated rings. The van der Waals surface area contributed by atoms with Crippen LogP contribution in [-0.2, 0) is 13.6 Å². The lowest BCUT2D eigenvalue weighted by Gasteiger charge is -2.17. The van der Waals surface area contributed by atoms with E-state index in [0.29, 0.717) is 5.56 Å². The van der Waals surface area contributed by atoms with Gasteiger partial charge in [0.05, 0.1) is 12.3 Å². The molecule has 1 rings (SSSR count). The Morgan fingerprint density at radius 2 is 1.81 bits per heavy atom. The molecule has 0 aromatic heterocycles. The summed E-state index contributed by atoms with van der Waals surface area (Å²) in [6.45, 7) is 0. The van der Waals surface area contributed by atoms with Gasteiger partial charge in [0.1, 0.15) is 0 Å². The van der Waals surface area contributed by atoms with Crippen molar-refractivity contribution in [2.45, 2.75) is 6.10 Å². The van der Waals surface area contributed by atoms with Gasteiger partial charge < -0.3 is 14.2 Å². The molecule has 1 N–H and O–H groups in total. The highest BCUT2D eigenvalue weighted by molar-refractivity contribution is 9.10. The summed E-state index contributed by atoms with van der Waals surface area (Å²) < 4.78 is 22.2. The van der Waals surface area contributed by atoms with E-state index in [-0.39, 0.29) is 6.16 Å². The maximum atomic E-state index is 11.8. The smallest absolute Gasteiger partial charge is 0.333 e. The van der Waals surface area contributed by atoms with Crippen molar-refractivity contribution in [3.8, 4) is 0 Å². The molecule has 0 aliphatic heterocycles. The van der Waals surface area contributed by atoms with Crippen LogP contribution in [0, 0.1) is 0 Å². The van der Waals surface area contributed by atoms with E-state index in [4.69, 9.17) is 9.05 Å². The number of halogens is 1. The summed E-state index contributed by atoms with van der Waals surface area (Å²) in [5.74, 6) is 0. The molecule has 0 radical (unpaired) electrons. The summed E-state index contributed by atoms with van der Waals surface area (Å²) >= 11 is 3.30. The quantitative estimate of drug-likeness (QED) is 0.850. The average molecular weight is 309 g/mol. The van der Waals surface area contributed by atoms with Crippen LogP contribution in [0.5, 0.6) is 0 Å². The Morgan fingerprint density at radius 1 is 1.31 bits per heavy atom. The molecule has 1 unspecified atom stereocenters. The lowest BCUT2D eigenvalue weighted by atomic mass is 10.1. The van der Waals surface area contributed by atoms with Crippen molar-refractivity contribution in [2.24, 2.45) is 0 Å². The zero-order valence-corrected chi connectivity index (χ0v) is 11.6. The molecule has 1 aromatic carbocycles. The van der Waals surface area contributed by atoms with Gasteiger partial charge in [-0.2, -0.15) is 0 Å². The van der Waals surface area contributed by atoms with Gasteiger partial charge in [0, 0.05) is 18.7 Å². The molecule has 6 heteroatoms. The van der Waals surface area contributed by atoms with Crippen LogP contribution in [0.25, 0.3) is 0 Å². The predicted octanol–water partition coefficient (Wildman–Crippen LogP) is 2.97. The number of aliphatic hydroxyl groups is 1. The number of hydrogen-bond acceptors (Lipinski definition) is 4. The van der Waals surface area contributed by atoms with Crippen molar-refractivity contribution in [1.82, 2.24) is 0 Å². The fraction of sp³-hybridized carbons (Fsp3) is 0.400. The molecule has 0 saturated carbocycles. The van der Waals surface area contributed by atoms with E-state index < -0.39 is 13.7 Å². The maximum Gasteiger partial charge on any atom is 0.333 e. The molecule has 0 aliphatic rings. The van der Waals surface area contributed by atoms with Gasteiger partial charge in [-0.15, -0.1) is 0 Å². The fourth-order valence-electron chi connectivity index (χ4n) is 1.23. The summed E-state index contributed by atoms with van der Waals surface area (Å²) in [5, 5.41) is 9.86. The van der Waals surface area contributed by atoms with E-state index in [1.54, 1.807) is 12.1 Å². The normalized spacial score (nSPS) is 13.8. The molecule has 0 heterocycles. The van der Waals surface area contributed by atoms with Gasteiger partial charge in [0.2, 0.25) is 0 Å². The van der Waals surface area contributed by atoms with Crippen molar-refractivity contribution >= 4 is 23.5 Å². The Hall–Kier alpha value is -0.190. The SMILES string of the molecule is COP(=O)(CC(O)c1ccc(Br)cc1)OC. The molecule has 0 bridgehead atoms. The molecule has 1 atom stereocenters. The van der Waals surface area contributed by atoms with Crippen molar-refractivity contribution in [1.29, 1.82) is 0 Å². The number of benzene rings is 1. The number of rotatable bonds is 5. The molecule has 90 valence electrons. The second-order valence-electron chi connectivity index (χ2n) is 3.23. The van der Waals surface area contributed by atoms with Gasteiger partial charge >= 0.3 is 7.60 Å². The third kappa shape index (κ3) is 3.68. The van der Waals surface area contributed by atoms with E-state index in [9.17, 15) is 9.67 Å². The monoisotopic (exact) mass is 308 g/mol. The first-order chi connectivity index (χ1) is 7.50. The summed E-state index contributed by atoms with van der Waals surface area (Å²) in [6, 6.07) is 7.13. The minimum Gasteiger partial charge on any atom is -0.388 e. The first kappa shape index (κ1) is 13.9. The van der Waals surface area contributed by atoms with Crippen molar-refractivity contribution in [3.63, 3.8) is 0 Å². The first-order valence-electron chi connectivity index (χ1n) is 4.65. The highest BCUT2D eigenvalue weighted by Gasteiger charge is 2.26. The topological polar surface area (TPSA) is 55.8 Å². The maximum absolute atomic E-state index is 11.8. The van der Waals surface area contributed by atoms with E-state index in [0.717, 1.165) is 4.47 Å². The predicted molar refractivity (Wildman–Crippen MR) is 65.6 cm³/mol. The van der Waals surface area contributed by atoms with Crippen LogP contribution in [0.2, 0.25) is 0 Å². The summed E-state index contributed by atoms with van der Waals surface area (Å²) in [5.41, 5.74) is 0.678. The van der Waals surface area contributed by atoms with Crippen LogP contribution in [-0.4, -0.2) is 25.5 Å². The zero-order chi connectivity index (χ0) is 12.2. The second kappa shape index (κ2) is 5.94. The van der Waals surface area contributed by atoms with Crippen LogP contribution >= 0.6 is 23.5 Å². The van der Waals surface area contributed by atoms with Crippen LogP contribution in [0.3, 0.4) is 0 Å². The minimum atomic E-state index is -3.18. The average Bonchev–Trinajstić information content (AvgIpc) is 2.29. The Bertz CT molecular complexity index is 371. The lowest BCUT2D eigenvalue weighted by Crippen LogP contribution is -2.06. The van der Waals surface area contributed by atoms with Crippen molar-refractivity contribution in [3.05, 3.63) is 34.3 Å². The third-order valence-electron chi connectivity index (χ3n) is 2.21. The first-order valence-corrected chi connectivity index (χ1v) is 7.17. The number of aliphatic hydroxyl groups excluding tert-OH is 1. The van der Waals surface area contributed by atoms with Crippen molar-refractivity contribution in [2.75, 3.05) is 20.4 Å². The van der Waals surface area contributed by atoms with Gasteiger partial charge in [0.15, 0.2) is 0 Å². The summed E-state index contributed by atoms with van der Waals surface area (Å²) in [6.07, 6.45) is -0.916. The van der Waals surface area contributed by atoms with Crippen LogP contribution in [0.4, 0.5) is 0 Å². The van der Waals surface area contributed by atoms with Gasteiger partial charge in [-0.05, 0) is 17.7 Å². The Balaban J connectivity index is 2.75. The third-order valence-corrected chi connectivity index (χ3v) is 4.64. The Morgan fingerprint density at radius 3 is 2.25 bits per heavy atom. The van der Waals surface area contributed by atoms with E-state index >= 15 is 0 Å². The van der Waals surface area contributed by atoms with Gasteiger partial charge in [0.25, 0.3) is 0 Å². The fourth-order valence-corrected chi connectivity index (χ4v) is 2.57. The second-order valence-corrected chi connectivity index (χ2v) is 6.46. The molecule has 0 spiro atoms. The van der Waals surface area contributed by atoms with E-state index in [2.05, 4.69) is 15.9 Å². The summed E-state index contributed by atoms with van der Waals surface area (Å²) in [4.78, 5) is 0. The molecule has 4 nitrogen and oxygen atoms in total.